The van der Waals surface area contributed by atoms with E-state index in [4.69, 9.17) is 0 Å². The Balaban J connectivity index is 1.87. The second-order valence-corrected chi connectivity index (χ2v) is 7.06. The van der Waals surface area contributed by atoms with Crippen LogP contribution in [0.4, 0.5) is 19.0 Å². The van der Waals surface area contributed by atoms with E-state index in [1.807, 2.05) is 23.6 Å². The highest BCUT2D eigenvalue weighted by Crippen LogP contribution is 2.31. The van der Waals surface area contributed by atoms with Gasteiger partial charge in [-0.1, -0.05) is 13.8 Å². The van der Waals surface area contributed by atoms with E-state index < -0.39 is 12.0 Å². The molecule has 3 rings (SSSR count). The number of rotatable bonds is 3. The summed E-state index contributed by atoms with van der Waals surface area (Å²) in [7, 11) is 0. The maximum absolute atomic E-state index is 13.2. The van der Waals surface area contributed by atoms with Gasteiger partial charge in [-0.2, -0.15) is 13.2 Å². The molecule has 2 aliphatic heterocycles. The minimum atomic E-state index is -4.57. The summed E-state index contributed by atoms with van der Waals surface area (Å²) in [6, 6.07) is 1.70. The van der Waals surface area contributed by atoms with Gasteiger partial charge in [-0.25, -0.2) is 9.97 Å². The summed E-state index contributed by atoms with van der Waals surface area (Å²) >= 11 is 0. The van der Waals surface area contributed by atoms with Gasteiger partial charge in [0.1, 0.15) is 5.82 Å². The fraction of sp³-hybridized carbons (Fsp3) is 0.706. The van der Waals surface area contributed by atoms with Gasteiger partial charge in [-0.3, -0.25) is 4.79 Å². The average molecular weight is 356 g/mol. The highest BCUT2D eigenvalue weighted by molar-refractivity contribution is 5.78. The highest BCUT2D eigenvalue weighted by Gasteiger charge is 2.37. The number of piperidine rings is 1. The summed E-state index contributed by atoms with van der Waals surface area (Å²) in [6.45, 7) is 5.54. The Morgan fingerprint density at radius 2 is 1.96 bits per heavy atom. The third kappa shape index (κ3) is 3.88. The van der Waals surface area contributed by atoms with Crippen LogP contribution in [0.5, 0.6) is 0 Å². The van der Waals surface area contributed by atoms with Gasteiger partial charge >= 0.3 is 6.18 Å². The Morgan fingerprint density at radius 3 is 2.56 bits per heavy atom. The summed E-state index contributed by atoms with van der Waals surface area (Å²) in [5, 5.41) is 0. The molecular formula is C17H23F3N4O. The maximum atomic E-state index is 13.2. The molecule has 1 amide bonds. The van der Waals surface area contributed by atoms with Crippen molar-refractivity contribution in [3.05, 3.63) is 17.6 Å². The van der Waals surface area contributed by atoms with Crippen LogP contribution in [0.1, 0.15) is 57.0 Å². The van der Waals surface area contributed by atoms with Gasteiger partial charge in [0.25, 0.3) is 0 Å². The first kappa shape index (κ1) is 17.9. The van der Waals surface area contributed by atoms with Gasteiger partial charge in [-0.15, -0.1) is 0 Å². The van der Waals surface area contributed by atoms with Crippen molar-refractivity contribution in [1.29, 1.82) is 0 Å². The second kappa shape index (κ2) is 6.80. The lowest BCUT2D eigenvalue weighted by molar-refractivity contribution is -0.145. The molecule has 0 N–H and O–H groups in total. The van der Waals surface area contributed by atoms with E-state index in [2.05, 4.69) is 9.97 Å². The molecule has 0 aromatic carbocycles. The molecule has 1 aromatic heterocycles. The number of carbonyl (C=O) groups is 1. The number of anilines is 1. The Hall–Kier alpha value is -1.86. The Kier molecular flexibility index (Phi) is 4.88. The minimum absolute atomic E-state index is 0.0514. The Labute approximate surface area is 145 Å². The van der Waals surface area contributed by atoms with Crippen molar-refractivity contribution in [2.24, 2.45) is 0 Å². The van der Waals surface area contributed by atoms with Gasteiger partial charge in [0.05, 0.1) is 0 Å². The van der Waals surface area contributed by atoms with Crippen molar-refractivity contribution in [2.45, 2.75) is 57.7 Å². The van der Waals surface area contributed by atoms with Crippen LogP contribution < -0.4 is 4.90 Å². The van der Waals surface area contributed by atoms with Crippen LogP contribution in [0.15, 0.2) is 6.07 Å². The standard InChI is InChI=1S/C17H23F3N4O/c1-11(2)13-9-14(22-16(21-13)17(18,19)20)23-7-3-5-12(10-23)24-8-4-6-15(24)25/h9,11-12H,3-8,10H2,1-2H3. The smallest absolute Gasteiger partial charge is 0.354 e. The molecule has 5 nitrogen and oxygen atoms in total. The summed E-state index contributed by atoms with van der Waals surface area (Å²) in [5.74, 6) is -0.757. The maximum Gasteiger partial charge on any atom is 0.451 e. The van der Waals surface area contributed by atoms with E-state index >= 15 is 0 Å². The van der Waals surface area contributed by atoms with E-state index in [-0.39, 0.29) is 17.9 Å². The fourth-order valence-electron chi connectivity index (χ4n) is 3.51. The van der Waals surface area contributed by atoms with E-state index in [0.29, 0.717) is 31.0 Å². The Morgan fingerprint density at radius 1 is 1.20 bits per heavy atom. The van der Waals surface area contributed by atoms with Crippen LogP contribution >= 0.6 is 0 Å². The number of carbonyl (C=O) groups excluding carboxylic acids is 1. The number of aromatic nitrogens is 2. The second-order valence-electron chi connectivity index (χ2n) is 7.06. The number of hydrogen-bond donors (Lipinski definition) is 0. The number of alkyl halides is 3. The largest absolute Gasteiger partial charge is 0.451 e. The first-order valence-electron chi connectivity index (χ1n) is 8.76. The third-order valence-electron chi connectivity index (χ3n) is 4.85. The van der Waals surface area contributed by atoms with Crippen LogP contribution in [0, 0.1) is 0 Å². The predicted molar refractivity (Wildman–Crippen MR) is 87.3 cm³/mol. The van der Waals surface area contributed by atoms with Crippen molar-refractivity contribution in [3.8, 4) is 0 Å². The molecule has 2 fully saturated rings. The molecule has 138 valence electrons. The number of halogens is 3. The molecule has 1 atom stereocenters. The highest BCUT2D eigenvalue weighted by atomic mass is 19.4. The third-order valence-corrected chi connectivity index (χ3v) is 4.85. The zero-order valence-electron chi connectivity index (χ0n) is 14.5. The first-order valence-corrected chi connectivity index (χ1v) is 8.76. The molecule has 0 saturated carbocycles. The number of likely N-dealkylation sites (tertiary alicyclic amines) is 1. The monoisotopic (exact) mass is 356 g/mol. The number of nitrogens with zero attached hydrogens (tertiary/aromatic N) is 4. The van der Waals surface area contributed by atoms with Crippen molar-refractivity contribution >= 4 is 11.7 Å². The molecule has 0 radical (unpaired) electrons. The van der Waals surface area contributed by atoms with Crippen molar-refractivity contribution in [1.82, 2.24) is 14.9 Å². The molecule has 0 aliphatic carbocycles. The van der Waals surface area contributed by atoms with E-state index in [1.165, 1.54) is 0 Å². The number of amides is 1. The summed E-state index contributed by atoms with van der Waals surface area (Å²) in [4.78, 5) is 23.2. The predicted octanol–water partition coefficient (Wildman–Crippen LogP) is 3.21. The fourth-order valence-corrected chi connectivity index (χ4v) is 3.51. The van der Waals surface area contributed by atoms with Crippen LogP contribution in [0.2, 0.25) is 0 Å². The van der Waals surface area contributed by atoms with Crippen LogP contribution in [-0.2, 0) is 11.0 Å². The Bertz CT molecular complexity index is 647. The molecule has 8 heteroatoms. The molecule has 2 aliphatic rings. The normalized spacial score (nSPS) is 22.2. The SMILES string of the molecule is CC(C)c1cc(N2CCCC(N3CCCC3=O)C2)nc(C(F)(F)F)n1. The van der Waals surface area contributed by atoms with Crippen molar-refractivity contribution < 1.29 is 18.0 Å². The average Bonchev–Trinajstić information content (AvgIpc) is 3.00. The van der Waals surface area contributed by atoms with Crippen molar-refractivity contribution in [3.63, 3.8) is 0 Å². The van der Waals surface area contributed by atoms with E-state index in [0.717, 1.165) is 25.8 Å². The zero-order chi connectivity index (χ0) is 18.2. The number of hydrogen-bond acceptors (Lipinski definition) is 4. The van der Waals surface area contributed by atoms with Gasteiger partial charge < -0.3 is 9.80 Å². The zero-order valence-corrected chi connectivity index (χ0v) is 14.5. The van der Waals surface area contributed by atoms with Crippen molar-refractivity contribution in [2.75, 3.05) is 24.5 Å². The van der Waals surface area contributed by atoms with E-state index in [1.54, 1.807) is 6.07 Å². The summed E-state index contributed by atoms with van der Waals surface area (Å²) in [5.41, 5.74) is 0.386. The molecule has 3 heterocycles. The summed E-state index contributed by atoms with van der Waals surface area (Å²) < 4.78 is 39.5. The lowest BCUT2D eigenvalue weighted by Crippen LogP contribution is -2.48. The lowest BCUT2D eigenvalue weighted by atomic mass is 10.0. The minimum Gasteiger partial charge on any atom is -0.354 e. The topological polar surface area (TPSA) is 49.3 Å². The molecule has 1 aromatic rings. The molecular weight excluding hydrogens is 333 g/mol. The molecule has 0 bridgehead atoms. The van der Waals surface area contributed by atoms with Crippen LogP contribution in [-0.4, -0.2) is 46.5 Å². The van der Waals surface area contributed by atoms with Crippen LogP contribution in [0.3, 0.4) is 0 Å². The molecule has 0 spiro atoms. The molecule has 25 heavy (non-hydrogen) atoms. The first-order chi connectivity index (χ1) is 11.8. The van der Waals surface area contributed by atoms with E-state index in [9.17, 15) is 18.0 Å². The lowest BCUT2D eigenvalue weighted by Gasteiger charge is -2.38. The van der Waals surface area contributed by atoms with Gasteiger partial charge in [-0.05, 0) is 25.2 Å². The van der Waals surface area contributed by atoms with Gasteiger partial charge in [0.2, 0.25) is 11.7 Å². The van der Waals surface area contributed by atoms with Gasteiger partial charge in [0.15, 0.2) is 0 Å². The molecule has 2 saturated heterocycles. The van der Waals surface area contributed by atoms with Crippen LogP contribution in [0.25, 0.3) is 0 Å². The van der Waals surface area contributed by atoms with Gasteiger partial charge in [0, 0.05) is 43.9 Å². The quantitative estimate of drug-likeness (QED) is 0.834. The summed E-state index contributed by atoms with van der Waals surface area (Å²) in [6.07, 6.45) is -1.43. The molecule has 1 unspecified atom stereocenters.